The van der Waals surface area contributed by atoms with E-state index in [4.69, 9.17) is 4.74 Å². The maximum absolute atomic E-state index is 12.7. The van der Waals surface area contributed by atoms with Crippen LogP contribution in [0.3, 0.4) is 0 Å². The number of amides is 2. The third-order valence-corrected chi connectivity index (χ3v) is 4.46. The zero-order valence-corrected chi connectivity index (χ0v) is 19.2. The summed E-state index contributed by atoms with van der Waals surface area (Å²) in [6.45, 7) is 12.4. The van der Waals surface area contributed by atoms with Gasteiger partial charge in [-0.25, -0.2) is 0 Å². The summed E-state index contributed by atoms with van der Waals surface area (Å²) in [4.78, 5) is 27.0. The molecule has 0 saturated carbocycles. The Labute approximate surface area is 176 Å². The second-order valence-electron chi connectivity index (χ2n) is 9.05. The summed E-state index contributed by atoms with van der Waals surface area (Å²) in [5, 5.41) is 5.88. The first-order valence-electron chi connectivity index (χ1n) is 10.5. The summed E-state index contributed by atoms with van der Waals surface area (Å²) in [5.74, 6) is 0.119. The topological polar surface area (TPSA) is 70.7 Å². The van der Waals surface area contributed by atoms with E-state index in [2.05, 4.69) is 38.3 Å². The number of benzene rings is 1. The van der Waals surface area contributed by atoms with Crippen molar-refractivity contribution in [3.63, 3.8) is 0 Å². The van der Waals surface area contributed by atoms with E-state index in [1.807, 2.05) is 38.1 Å². The van der Waals surface area contributed by atoms with E-state index >= 15 is 0 Å². The van der Waals surface area contributed by atoms with Gasteiger partial charge in [-0.1, -0.05) is 27.7 Å². The molecule has 0 aliphatic carbocycles. The molecule has 2 amide bonds. The van der Waals surface area contributed by atoms with Crippen LogP contribution in [0, 0.1) is 11.3 Å². The molecule has 1 rings (SSSR count). The van der Waals surface area contributed by atoms with Gasteiger partial charge in [-0.15, -0.1) is 0 Å². The van der Waals surface area contributed by atoms with E-state index in [1.54, 1.807) is 6.07 Å². The predicted octanol–water partition coefficient (Wildman–Crippen LogP) is 4.31. The van der Waals surface area contributed by atoms with Gasteiger partial charge in [0.05, 0.1) is 5.56 Å². The quantitative estimate of drug-likeness (QED) is 0.538. The second kappa shape index (κ2) is 11.8. The first-order valence-corrected chi connectivity index (χ1v) is 10.5. The molecule has 6 nitrogen and oxygen atoms in total. The fourth-order valence-corrected chi connectivity index (χ4v) is 3.45. The molecule has 0 saturated heterocycles. The highest BCUT2D eigenvalue weighted by molar-refractivity contribution is 6.02. The van der Waals surface area contributed by atoms with Gasteiger partial charge >= 0.3 is 0 Å². The van der Waals surface area contributed by atoms with Crippen molar-refractivity contribution in [2.75, 3.05) is 44.1 Å². The van der Waals surface area contributed by atoms with Crippen LogP contribution in [0.2, 0.25) is 0 Å². The molecule has 2 N–H and O–H groups in total. The zero-order valence-electron chi connectivity index (χ0n) is 19.2. The molecule has 1 aromatic rings. The molecule has 1 aromatic carbocycles. The summed E-state index contributed by atoms with van der Waals surface area (Å²) in [7, 11) is 3.79. The smallest absolute Gasteiger partial charge is 0.253 e. The molecule has 164 valence electrons. The fourth-order valence-electron chi connectivity index (χ4n) is 3.45. The maximum Gasteiger partial charge on any atom is 0.253 e. The second-order valence-corrected chi connectivity index (χ2v) is 9.05. The summed E-state index contributed by atoms with van der Waals surface area (Å²) in [6, 6.07) is 5.45. The molecule has 0 aliphatic rings. The highest BCUT2D eigenvalue weighted by Gasteiger charge is 2.19. The van der Waals surface area contributed by atoms with E-state index in [0.717, 1.165) is 18.5 Å². The van der Waals surface area contributed by atoms with E-state index in [0.29, 0.717) is 43.3 Å². The van der Waals surface area contributed by atoms with Crippen LogP contribution in [0.1, 0.15) is 64.2 Å². The number of hydrogen-bond donors (Lipinski definition) is 2. The van der Waals surface area contributed by atoms with Crippen LogP contribution in [0.15, 0.2) is 18.2 Å². The van der Waals surface area contributed by atoms with Gasteiger partial charge in [-0.05, 0) is 49.3 Å². The fraction of sp³-hybridized carbons (Fsp3) is 0.652. The monoisotopic (exact) mass is 405 g/mol. The van der Waals surface area contributed by atoms with E-state index in [-0.39, 0.29) is 17.2 Å². The summed E-state index contributed by atoms with van der Waals surface area (Å²) >= 11 is 0. The van der Waals surface area contributed by atoms with Gasteiger partial charge < -0.3 is 20.3 Å². The Morgan fingerprint density at radius 2 is 1.90 bits per heavy atom. The van der Waals surface area contributed by atoms with Crippen molar-refractivity contribution in [3.05, 3.63) is 23.8 Å². The van der Waals surface area contributed by atoms with Crippen molar-refractivity contribution < 1.29 is 14.3 Å². The average molecular weight is 406 g/mol. The predicted molar refractivity (Wildman–Crippen MR) is 121 cm³/mol. The van der Waals surface area contributed by atoms with Crippen LogP contribution in [0.4, 0.5) is 11.4 Å². The van der Waals surface area contributed by atoms with Gasteiger partial charge in [0.15, 0.2) is 0 Å². The van der Waals surface area contributed by atoms with E-state index in [1.165, 1.54) is 0 Å². The van der Waals surface area contributed by atoms with Crippen LogP contribution >= 0.6 is 0 Å². The maximum atomic E-state index is 12.7. The molecular formula is C23H39N3O3. The molecule has 0 radical (unpaired) electrons. The number of nitrogens with zero attached hydrogens (tertiary/aromatic N) is 1. The number of rotatable bonds is 11. The number of hydrogen-bond acceptors (Lipinski definition) is 4. The number of nitrogens with one attached hydrogen (secondary N) is 2. The minimum absolute atomic E-state index is 0.0255. The van der Waals surface area contributed by atoms with Crippen molar-refractivity contribution in [3.8, 4) is 0 Å². The third-order valence-electron chi connectivity index (χ3n) is 4.46. The summed E-state index contributed by atoms with van der Waals surface area (Å²) in [5.41, 5.74) is 2.20. The highest BCUT2D eigenvalue weighted by Crippen LogP contribution is 2.27. The molecule has 1 unspecified atom stereocenters. The Hall–Kier alpha value is -2.08. The lowest BCUT2D eigenvalue weighted by atomic mass is 9.84. The van der Waals surface area contributed by atoms with Gasteiger partial charge in [0, 0.05) is 51.6 Å². The largest absolute Gasteiger partial charge is 0.382 e. The summed E-state index contributed by atoms with van der Waals surface area (Å²) < 4.78 is 5.30. The van der Waals surface area contributed by atoms with Crippen LogP contribution in [0.5, 0.6) is 0 Å². The van der Waals surface area contributed by atoms with Crippen molar-refractivity contribution in [2.24, 2.45) is 11.3 Å². The molecule has 1 atom stereocenters. The Kier molecular flexibility index (Phi) is 10.2. The van der Waals surface area contributed by atoms with Crippen molar-refractivity contribution in [1.29, 1.82) is 0 Å². The normalized spacial score (nSPS) is 12.4. The number of anilines is 2. The average Bonchev–Trinajstić information content (AvgIpc) is 2.59. The van der Waals surface area contributed by atoms with Crippen LogP contribution in [0.25, 0.3) is 0 Å². The lowest BCUT2D eigenvalue weighted by Crippen LogP contribution is -2.27. The molecule has 0 spiro atoms. The van der Waals surface area contributed by atoms with Crippen molar-refractivity contribution in [2.45, 2.75) is 53.9 Å². The van der Waals surface area contributed by atoms with Crippen molar-refractivity contribution >= 4 is 23.2 Å². The number of carbonyl (C=O) groups excluding carboxylic acids is 2. The van der Waals surface area contributed by atoms with E-state index < -0.39 is 0 Å². The van der Waals surface area contributed by atoms with Gasteiger partial charge in [0.1, 0.15) is 0 Å². The first kappa shape index (κ1) is 25.0. The first-order chi connectivity index (χ1) is 13.5. The van der Waals surface area contributed by atoms with Gasteiger partial charge in [-0.2, -0.15) is 0 Å². The molecule has 0 aliphatic heterocycles. The Bertz CT molecular complexity index is 666. The molecule has 29 heavy (non-hydrogen) atoms. The molecule has 0 heterocycles. The highest BCUT2D eigenvalue weighted by atomic mass is 16.5. The SMILES string of the molecule is CCOCCCNC(=O)c1cc(NC(=O)CC(C)CC(C)(C)C)ccc1N(C)C. The molecule has 0 aromatic heterocycles. The lowest BCUT2D eigenvalue weighted by Gasteiger charge is -2.23. The van der Waals surface area contributed by atoms with Gasteiger partial charge in [0.2, 0.25) is 5.91 Å². The molecule has 0 fully saturated rings. The zero-order chi connectivity index (χ0) is 22.0. The Morgan fingerprint density at radius 1 is 1.21 bits per heavy atom. The minimum atomic E-state index is -0.151. The Morgan fingerprint density at radius 3 is 2.48 bits per heavy atom. The Balaban J connectivity index is 2.78. The van der Waals surface area contributed by atoms with Crippen LogP contribution in [-0.2, 0) is 9.53 Å². The minimum Gasteiger partial charge on any atom is -0.382 e. The van der Waals surface area contributed by atoms with Gasteiger partial charge in [-0.3, -0.25) is 9.59 Å². The summed E-state index contributed by atoms with van der Waals surface area (Å²) in [6.07, 6.45) is 2.21. The number of ether oxygens (including phenoxy) is 1. The molecule has 0 bridgehead atoms. The molecular weight excluding hydrogens is 366 g/mol. The van der Waals surface area contributed by atoms with Crippen LogP contribution in [-0.4, -0.2) is 45.7 Å². The van der Waals surface area contributed by atoms with Crippen molar-refractivity contribution in [1.82, 2.24) is 5.32 Å². The third kappa shape index (κ3) is 9.79. The standard InChI is InChI=1S/C23H39N3O3/c1-8-29-13-9-12-24-22(28)19-15-18(10-11-20(19)26(6)7)25-21(27)14-17(2)16-23(3,4)5/h10-11,15,17H,8-9,12-14,16H2,1-7H3,(H,24,28)(H,25,27). The molecule has 6 heteroatoms. The van der Waals surface area contributed by atoms with Gasteiger partial charge in [0.25, 0.3) is 5.91 Å². The lowest BCUT2D eigenvalue weighted by molar-refractivity contribution is -0.117. The van der Waals surface area contributed by atoms with E-state index in [9.17, 15) is 9.59 Å². The number of carbonyl (C=O) groups is 2. The van der Waals surface area contributed by atoms with Crippen LogP contribution < -0.4 is 15.5 Å².